The van der Waals surface area contributed by atoms with Crippen molar-refractivity contribution in [3.63, 3.8) is 0 Å². The Morgan fingerprint density at radius 1 is 1.29 bits per heavy atom. The Bertz CT molecular complexity index is 374. The van der Waals surface area contributed by atoms with Crippen LogP contribution in [-0.4, -0.2) is 24.8 Å². The fourth-order valence-corrected chi connectivity index (χ4v) is 1.97. The van der Waals surface area contributed by atoms with Crippen molar-refractivity contribution in [2.45, 2.75) is 32.5 Å². The van der Waals surface area contributed by atoms with Crippen molar-refractivity contribution in [1.29, 1.82) is 0 Å². The maximum Gasteiger partial charge on any atom is 0.338 e. The lowest BCUT2D eigenvalue weighted by Crippen LogP contribution is -2.36. The van der Waals surface area contributed by atoms with E-state index in [0.29, 0.717) is 18.1 Å². The summed E-state index contributed by atoms with van der Waals surface area (Å²) in [7, 11) is 0. The molecule has 3 atom stereocenters. The van der Waals surface area contributed by atoms with Gasteiger partial charge < -0.3 is 9.47 Å². The number of benzene rings is 1. The van der Waals surface area contributed by atoms with E-state index in [9.17, 15) is 4.79 Å². The number of hydrogen-bond donors (Lipinski definition) is 0. The summed E-state index contributed by atoms with van der Waals surface area (Å²) in [6.45, 7) is 4.68. The average Bonchev–Trinajstić information content (AvgIpc) is 2.35. The molecule has 1 heterocycles. The van der Waals surface area contributed by atoms with Crippen molar-refractivity contribution < 1.29 is 14.3 Å². The molecule has 1 aliphatic heterocycles. The minimum Gasteiger partial charge on any atom is -0.456 e. The molecular weight excluding hydrogens is 216 g/mol. The van der Waals surface area contributed by atoms with Gasteiger partial charge in [-0.3, -0.25) is 0 Å². The molecule has 0 aliphatic carbocycles. The first-order chi connectivity index (χ1) is 8.16. The number of rotatable bonds is 2. The van der Waals surface area contributed by atoms with Crippen LogP contribution < -0.4 is 0 Å². The maximum atomic E-state index is 11.8. The fraction of sp³-hybridized carbons (Fsp3) is 0.500. The van der Waals surface area contributed by atoms with Crippen LogP contribution in [0.4, 0.5) is 0 Å². The molecule has 0 N–H and O–H groups in total. The molecule has 1 unspecified atom stereocenters. The van der Waals surface area contributed by atoms with Crippen molar-refractivity contribution in [1.82, 2.24) is 0 Å². The van der Waals surface area contributed by atoms with Gasteiger partial charge in [0.15, 0.2) is 0 Å². The molecule has 0 saturated carbocycles. The van der Waals surface area contributed by atoms with Gasteiger partial charge in [-0.1, -0.05) is 25.1 Å². The van der Waals surface area contributed by atoms with Crippen molar-refractivity contribution in [3.8, 4) is 0 Å². The van der Waals surface area contributed by atoms with E-state index in [2.05, 4.69) is 13.8 Å². The third kappa shape index (κ3) is 3.07. The number of ether oxygens (including phenoxy) is 2. The van der Waals surface area contributed by atoms with E-state index in [0.717, 1.165) is 6.42 Å². The summed E-state index contributed by atoms with van der Waals surface area (Å²) < 4.78 is 11.0. The molecule has 3 nitrogen and oxygen atoms in total. The maximum absolute atomic E-state index is 11.8. The molecule has 0 aromatic heterocycles. The Labute approximate surface area is 102 Å². The smallest absolute Gasteiger partial charge is 0.338 e. The number of hydrogen-bond acceptors (Lipinski definition) is 3. The zero-order valence-electron chi connectivity index (χ0n) is 10.3. The minimum atomic E-state index is -0.263. The quantitative estimate of drug-likeness (QED) is 0.738. The predicted molar refractivity (Wildman–Crippen MR) is 64.8 cm³/mol. The molecule has 92 valence electrons. The molecule has 1 saturated heterocycles. The molecule has 0 spiro atoms. The molecule has 17 heavy (non-hydrogen) atoms. The fourth-order valence-electron chi connectivity index (χ4n) is 1.97. The Morgan fingerprint density at radius 3 is 2.65 bits per heavy atom. The van der Waals surface area contributed by atoms with Crippen LogP contribution in [0.15, 0.2) is 30.3 Å². The number of carbonyl (C=O) groups is 1. The van der Waals surface area contributed by atoms with E-state index in [-0.39, 0.29) is 18.2 Å². The third-order valence-corrected chi connectivity index (χ3v) is 3.26. The van der Waals surface area contributed by atoms with Gasteiger partial charge in [-0.05, 0) is 31.4 Å². The second-order valence-corrected chi connectivity index (χ2v) is 4.64. The van der Waals surface area contributed by atoms with Gasteiger partial charge in [0.05, 0.1) is 18.3 Å². The summed E-state index contributed by atoms with van der Waals surface area (Å²) in [5.41, 5.74) is 0.596. The van der Waals surface area contributed by atoms with Crippen LogP contribution in [0.1, 0.15) is 30.6 Å². The van der Waals surface area contributed by atoms with E-state index < -0.39 is 0 Å². The van der Waals surface area contributed by atoms with Gasteiger partial charge in [-0.15, -0.1) is 0 Å². The Kier molecular flexibility index (Phi) is 3.79. The summed E-state index contributed by atoms with van der Waals surface area (Å²) in [4.78, 5) is 11.8. The summed E-state index contributed by atoms with van der Waals surface area (Å²) in [5.74, 6) is 0.165. The molecule has 2 rings (SSSR count). The van der Waals surface area contributed by atoms with Crippen LogP contribution in [0.25, 0.3) is 0 Å². The average molecular weight is 234 g/mol. The van der Waals surface area contributed by atoms with E-state index in [1.165, 1.54) is 0 Å². The summed E-state index contributed by atoms with van der Waals surface area (Å²) in [6.07, 6.45) is 1.01. The largest absolute Gasteiger partial charge is 0.456 e. The molecule has 0 radical (unpaired) electrons. The summed E-state index contributed by atoms with van der Waals surface area (Å²) in [6, 6.07) is 9.07. The van der Waals surface area contributed by atoms with Crippen molar-refractivity contribution >= 4 is 5.97 Å². The number of esters is 1. The first-order valence-electron chi connectivity index (χ1n) is 6.04. The van der Waals surface area contributed by atoms with Gasteiger partial charge >= 0.3 is 5.97 Å². The highest BCUT2D eigenvalue weighted by Crippen LogP contribution is 2.22. The lowest BCUT2D eigenvalue weighted by atomic mass is 9.96. The van der Waals surface area contributed by atoms with Crippen LogP contribution in [0, 0.1) is 5.92 Å². The molecule has 1 fully saturated rings. The van der Waals surface area contributed by atoms with Crippen molar-refractivity contribution in [2.75, 3.05) is 6.61 Å². The zero-order valence-corrected chi connectivity index (χ0v) is 10.3. The van der Waals surface area contributed by atoms with Crippen LogP contribution in [0.3, 0.4) is 0 Å². The second-order valence-electron chi connectivity index (χ2n) is 4.64. The number of carbonyl (C=O) groups excluding carboxylic acids is 1. The van der Waals surface area contributed by atoms with Gasteiger partial charge in [0.2, 0.25) is 0 Å². The van der Waals surface area contributed by atoms with Crippen molar-refractivity contribution in [3.05, 3.63) is 35.9 Å². The SMILES string of the molecule is C[C@@H]1OCC(OC(=O)c2ccccc2)C[C@@H]1C. The van der Waals surface area contributed by atoms with Crippen molar-refractivity contribution in [2.24, 2.45) is 5.92 Å². The standard InChI is InChI=1S/C14H18O3/c1-10-8-13(9-16-11(10)2)17-14(15)12-6-4-3-5-7-12/h3-7,10-11,13H,8-9H2,1-2H3/t10-,11-,13?/m0/s1. The lowest BCUT2D eigenvalue weighted by Gasteiger charge is -2.31. The second kappa shape index (κ2) is 5.32. The van der Waals surface area contributed by atoms with Gasteiger partial charge in [-0.2, -0.15) is 0 Å². The highest BCUT2D eigenvalue weighted by Gasteiger charge is 2.27. The van der Waals surface area contributed by atoms with Gasteiger partial charge in [0, 0.05) is 0 Å². The Hall–Kier alpha value is -1.35. The molecule has 3 heteroatoms. The molecule has 1 aliphatic rings. The van der Waals surface area contributed by atoms with E-state index in [4.69, 9.17) is 9.47 Å². The third-order valence-electron chi connectivity index (χ3n) is 3.26. The van der Waals surface area contributed by atoms with E-state index >= 15 is 0 Å². The first-order valence-corrected chi connectivity index (χ1v) is 6.04. The molecule has 0 amide bonds. The molecule has 0 bridgehead atoms. The predicted octanol–water partition coefficient (Wildman–Crippen LogP) is 2.66. The molecular formula is C14H18O3. The molecule has 1 aromatic rings. The van der Waals surface area contributed by atoms with Crippen LogP contribution >= 0.6 is 0 Å². The molecule has 1 aromatic carbocycles. The minimum absolute atomic E-state index is 0.117. The zero-order chi connectivity index (χ0) is 12.3. The van der Waals surface area contributed by atoms with Gasteiger partial charge in [0.1, 0.15) is 6.10 Å². The summed E-state index contributed by atoms with van der Waals surface area (Å²) >= 11 is 0. The van der Waals surface area contributed by atoms with Crippen LogP contribution in [0.5, 0.6) is 0 Å². The van der Waals surface area contributed by atoms with E-state index in [1.807, 2.05) is 18.2 Å². The topological polar surface area (TPSA) is 35.5 Å². The first kappa shape index (κ1) is 12.1. The van der Waals surface area contributed by atoms with Gasteiger partial charge in [0.25, 0.3) is 0 Å². The van der Waals surface area contributed by atoms with Crippen LogP contribution in [0.2, 0.25) is 0 Å². The van der Waals surface area contributed by atoms with E-state index in [1.54, 1.807) is 12.1 Å². The van der Waals surface area contributed by atoms with Crippen LogP contribution in [-0.2, 0) is 9.47 Å². The normalized spacial score (nSPS) is 28.7. The van der Waals surface area contributed by atoms with Gasteiger partial charge in [-0.25, -0.2) is 4.79 Å². The highest BCUT2D eigenvalue weighted by atomic mass is 16.6. The highest BCUT2D eigenvalue weighted by molar-refractivity contribution is 5.89. The lowest BCUT2D eigenvalue weighted by molar-refractivity contribution is -0.0846. The monoisotopic (exact) mass is 234 g/mol. The summed E-state index contributed by atoms with van der Waals surface area (Å²) in [5, 5.41) is 0. The Morgan fingerprint density at radius 2 is 2.00 bits per heavy atom. The Balaban J connectivity index is 1.92.